The third-order valence-corrected chi connectivity index (χ3v) is 2.40. The van der Waals surface area contributed by atoms with Crippen LogP contribution in [0.25, 0.3) is 0 Å². The molecule has 1 rings (SSSR count). The molecule has 0 radical (unpaired) electrons. The lowest BCUT2D eigenvalue weighted by molar-refractivity contribution is -0.138. The highest BCUT2D eigenvalue weighted by Gasteiger charge is 2.23. The highest BCUT2D eigenvalue weighted by atomic mass is 35.5. The summed E-state index contributed by atoms with van der Waals surface area (Å²) in [4.78, 5) is 10.8. The number of carboxylic acid groups (broad SMARTS) is 1. The lowest BCUT2D eigenvalue weighted by Gasteiger charge is -2.16. The Balaban J connectivity index is 3.35. The number of benzene rings is 1. The molecular weight excluding hydrogens is 234 g/mol. The van der Waals surface area contributed by atoms with Gasteiger partial charge in [-0.25, -0.2) is 0 Å². The molecule has 5 nitrogen and oxygen atoms in total. The zero-order valence-corrected chi connectivity index (χ0v) is 9.62. The normalized spacial score (nSPS) is 12.0. The van der Waals surface area contributed by atoms with Gasteiger partial charge in [-0.05, 0) is 6.07 Å². The Bertz CT molecular complexity index is 408. The number of methoxy groups -OCH3 is 2. The molecular formula is C10H12ClNO4. The van der Waals surface area contributed by atoms with Crippen LogP contribution in [0.5, 0.6) is 11.5 Å². The highest BCUT2D eigenvalue weighted by Crippen LogP contribution is 2.39. The SMILES string of the molecule is COc1c(Cl)ccc(C(N)C(=O)O)c1OC. The topological polar surface area (TPSA) is 81.8 Å². The van der Waals surface area contributed by atoms with Gasteiger partial charge in [0.25, 0.3) is 0 Å². The summed E-state index contributed by atoms with van der Waals surface area (Å²) < 4.78 is 10.1. The van der Waals surface area contributed by atoms with Gasteiger partial charge in [-0.2, -0.15) is 0 Å². The first kappa shape index (κ1) is 12.6. The first-order chi connectivity index (χ1) is 7.52. The van der Waals surface area contributed by atoms with E-state index in [4.69, 9.17) is 31.9 Å². The molecule has 1 aromatic carbocycles. The number of aliphatic carboxylic acids is 1. The summed E-state index contributed by atoms with van der Waals surface area (Å²) in [6, 6.07) is 1.84. The van der Waals surface area contributed by atoms with Gasteiger partial charge in [0.1, 0.15) is 6.04 Å². The van der Waals surface area contributed by atoms with E-state index >= 15 is 0 Å². The van der Waals surface area contributed by atoms with Crippen molar-refractivity contribution in [2.75, 3.05) is 14.2 Å². The average Bonchev–Trinajstić information content (AvgIpc) is 2.27. The largest absolute Gasteiger partial charge is 0.492 e. The molecule has 1 aromatic rings. The summed E-state index contributed by atoms with van der Waals surface area (Å²) in [5.41, 5.74) is 5.83. The van der Waals surface area contributed by atoms with Crippen molar-refractivity contribution in [3.63, 3.8) is 0 Å². The highest BCUT2D eigenvalue weighted by molar-refractivity contribution is 6.32. The van der Waals surface area contributed by atoms with Gasteiger partial charge in [-0.15, -0.1) is 0 Å². The van der Waals surface area contributed by atoms with E-state index in [1.54, 1.807) is 0 Å². The van der Waals surface area contributed by atoms with Crippen molar-refractivity contribution in [2.24, 2.45) is 5.73 Å². The van der Waals surface area contributed by atoms with Crippen molar-refractivity contribution in [1.82, 2.24) is 0 Å². The summed E-state index contributed by atoms with van der Waals surface area (Å²) >= 11 is 5.87. The molecule has 0 spiro atoms. The van der Waals surface area contributed by atoms with Crippen LogP contribution in [0, 0.1) is 0 Å². The molecule has 6 heteroatoms. The minimum absolute atomic E-state index is 0.241. The minimum atomic E-state index is -1.18. The molecule has 0 bridgehead atoms. The fraction of sp³-hybridized carbons (Fsp3) is 0.300. The van der Waals surface area contributed by atoms with Gasteiger partial charge in [-0.1, -0.05) is 17.7 Å². The van der Waals surface area contributed by atoms with Crippen molar-refractivity contribution < 1.29 is 19.4 Å². The van der Waals surface area contributed by atoms with Crippen LogP contribution in [0.15, 0.2) is 12.1 Å². The van der Waals surface area contributed by atoms with Crippen LogP contribution in [0.2, 0.25) is 5.02 Å². The molecule has 0 amide bonds. The smallest absolute Gasteiger partial charge is 0.325 e. The summed E-state index contributed by atoms with van der Waals surface area (Å²) in [5, 5.41) is 9.17. The molecule has 16 heavy (non-hydrogen) atoms. The Hall–Kier alpha value is -1.46. The number of carbonyl (C=O) groups is 1. The van der Waals surface area contributed by atoms with Gasteiger partial charge >= 0.3 is 5.97 Å². The Morgan fingerprint density at radius 2 is 1.94 bits per heavy atom. The molecule has 3 N–H and O–H groups in total. The lowest BCUT2D eigenvalue weighted by Crippen LogP contribution is -2.21. The molecule has 0 aliphatic carbocycles. The van der Waals surface area contributed by atoms with Crippen LogP contribution in [0.4, 0.5) is 0 Å². The van der Waals surface area contributed by atoms with Crippen molar-refractivity contribution >= 4 is 17.6 Å². The molecule has 0 fully saturated rings. The maximum Gasteiger partial charge on any atom is 0.325 e. The Kier molecular flexibility index (Phi) is 3.98. The van der Waals surface area contributed by atoms with E-state index in [9.17, 15) is 4.79 Å². The van der Waals surface area contributed by atoms with Gasteiger partial charge in [-0.3, -0.25) is 4.79 Å². The van der Waals surface area contributed by atoms with Crippen LogP contribution in [0.3, 0.4) is 0 Å². The van der Waals surface area contributed by atoms with Crippen molar-refractivity contribution in [3.8, 4) is 11.5 Å². The number of halogens is 1. The number of ether oxygens (including phenoxy) is 2. The van der Waals surface area contributed by atoms with E-state index in [-0.39, 0.29) is 11.5 Å². The molecule has 0 aliphatic heterocycles. The summed E-state index contributed by atoms with van der Waals surface area (Å²) in [7, 11) is 2.81. The van der Waals surface area contributed by atoms with E-state index in [1.165, 1.54) is 26.4 Å². The van der Waals surface area contributed by atoms with Crippen molar-refractivity contribution in [1.29, 1.82) is 0 Å². The van der Waals surface area contributed by atoms with E-state index in [2.05, 4.69) is 0 Å². The Labute approximate surface area is 97.7 Å². The van der Waals surface area contributed by atoms with Gasteiger partial charge in [0.05, 0.1) is 19.2 Å². The quantitative estimate of drug-likeness (QED) is 0.839. The van der Waals surface area contributed by atoms with Crippen LogP contribution < -0.4 is 15.2 Å². The Morgan fingerprint density at radius 1 is 1.38 bits per heavy atom. The van der Waals surface area contributed by atoms with Crippen molar-refractivity contribution in [3.05, 3.63) is 22.7 Å². The number of hydrogen-bond acceptors (Lipinski definition) is 4. The number of nitrogens with two attached hydrogens (primary N) is 1. The first-order valence-electron chi connectivity index (χ1n) is 4.41. The zero-order valence-electron chi connectivity index (χ0n) is 8.86. The molecule has 0 aromatic heterocycles. The lowest BCUT2D eigenvalue weighted by atomic mass is 10.1. The van der Waals surface area contributed by atoms with Crippen LogP contribution >= 0.6 is 11.6 Å². The zero-order chi connectivity index (χ0) is 12.3. The van der Waals surface area contributed by atoms with Gasteiger partial charge in [0.15, 0.2) is 11.5 Å². The molecule has 88 valence electrons. The molecule has 0 aliphatic rings. The average molecular weight is 246 g/mol. The Morgan fingerprint density at radius 3 is 2.38 bits per heavy atom. The third kappa shape index (κ3) is 2.20. The maximum atomic E-state index is 10.8. The number of carboxylic acids is 1. The monoisotopic (exact) mass is 245 g/mol. The maximum absolute atomic E-state index is 10.8. The second-order valence-corrected chi connectivity index (χ2v) is 3.43. The molecule has 1 unspecified atom stereocenters. The first-order valence-corrected chi connectivity index (χ1v) is 4.79. The van der Waals surface area contributed by atoms with Crippen molar-refractivity contribution in [2.45, 2.75) is 6.04 Å². The predicted molar refractivity (Wildman–Crippen MR) is 59.1 cm³/mol. The van der Waals surface area contributed by atoms with Crippen LogP contribution in [0.1, 0.15) is 11.6 Å². The molecule has 0 heterocycles. The fourth-order valence-corrected chi connectivity index (χ4v) is 1.56. The molecule has 1 atom stereocenters. The minimum Gasteiger partial charge on any atom is -0.492 e. The molecule has 0 saturated heterocycles. The second-order valence-electron chi connectivity index (χ2n) is 3.02. The van der Waals surface area contributed by atoms with E-state index in [0.29, 0.717) is 10.6 Å². The van der Waals surface area contributed by atoms with Gasteiger partial charge < -0.3 is 20.3 Å². The van der Waals surface area contributed by atoms with Gasteiger partial charge in [0, 0.05) is 5.56 Å². The summed E-state index contributed by atoms with van der Waals surface area (Å²) in [6.07, 6.45) is 0. The second kappa shape index (κ2) is 5.05. The van der Waals surface area contributed by atoms with E-state index in [1.807, 2.05) is 0 Å². The van der Waals surface area contributed by atoms with Crippen LogP contribution in [-0.4, -0.2) is 25.3 Å². The number of hydrogen-bond donors (Lipinski definition) is 2. The molecule has 0 saturated carbocycles. The summed E-state index contributed by atoms with van der Waals surface area (Å²) in [5.74, 6) is -0.633. The van der Waals surface area contributed by atoms with Gasteiger partial charge in [0.2, 0.25) is 0 Å². The standard InChI is InChI=1S/C10H12ClNO4/c1-15-8-5(7(12)10(13)14)3-4-6(11)9(8)16-2/h3-4,7H,12H2,1-2H3,(H,13,14). The van der Waals surface area contributed by atoms with Crippen LogP contribution in [-0.2, 0) is 4.79 Å². The van der Waals surface area contributed by atoms with E-state index < -0.39 is 12.0 Å². The fourth-order valence-electron chi connectivity index (χ4n) is 1.33. The number of rotatable bonds is 4. The third-order valence-electron chi connectivity index (χ3n) is 2.10. The predicted octanol–water partition coefficient (Wildman–Crippen LogP) is 1.44. The van der Waals surface area contributed by atoms with E-state index in [0.717, 1.165) is 0 Å². The summed E-state index contributed by atoms with van der Waals surface area (Å²) in [6.45, 7) is 0.